The van der Waals surface area contributed by atoms with Crippen LogP contribution in [0, 0.1) is 5.92 Å². The third-order valence-corrected chi connectivity index (χ3v) is 4.83. The van der Waals surface area contributed by atoms with Crippen molar-refractivity contribution in [2.75, 3.05) is 13.1 Å². The monoisotopic (exact) mass is 238 g/mol. The SMILES string of the molecule is CCNC1CCC(C)CC1N1CCCCC1C. The maximum absolute atomic E-state index is 3.73. The summed E-state index contributed by atoms with van der Waals surface area (Å²) in [5.41, 5.74) is 0. The minimum atomic E-state index is 0.747. The van der Waals surface area contributed by atoms with Crippen LogP contribution in [-0.4, -0.2) is 36.1 Å². The quantitative estimate of drug-likeness (QED) is 0.813. The molecule has 0 aromatic heterocycles. The standard InChI is InChI=1S/C15H30N2/c1-4-16-14-9-8-12(2)11-15(14)17-10-6-5-7-13(17)3/h12-16H,4-11H2,1-3H3. The van der Waals surface area contributed by atoms with Crippen LogP contribution in [0.4, 0.5) is 0 Å². The van der Waals surface area contributed by atoms with Crippen LogP contribution < -0.4 is 5.32 Å². The van der Waals surface area contributed by atoms with Crippen LogP contribution in [0.3, 0.4) is 0 Å². The van der Waals surface area contributed by atoms with E-state index >= 15 is 0 Å². The normalized spacial score (nSPS) is 40.4. The zero-order chi connectivity index (χ0) is 12.3. The van der Waals surface area contributed by atoms with Crippen molar-refractivity contribution in [3.63, 3.8) is 0 Å². The van der Waals surface area contributed by atoms with Crippen molar-refractivity contribution in [2.24, 2.45) is 5.92 Å². The van der Waals surface area contributed by atoms with E-state index in [2.05, 4.69) is 31.0 Å². The molecule has 2 nitrogen and oxygen atoms in total. The Bertz CT molecular complexity index is 229. The third-order valence-electron chi connectivity index (χ3n) is 4.83. The molecular weight excluding hydrogens is 208 g/mol. The second-order valence-electron chi connectivity index (χ2n) is 6.23. The van der Waals surface area contributed by atoms with Crippen LogP contribution >= 0.6 is 0 Å². The summed E-state index contributed by atoms with van der Waals surface area (Å²) < 4.78 is 0. The lowest BCUT2D eigenvalue weighted by atomic mass is 9.81. The number of nitrogens with one attached hydrogen (secondary N) is 1. The predicted octanol–water partition coefficient (Wildman–Crippen LogP) is 3.03. The maximum atomic E-state index is 3.73. The van der Waals surface area contributed by atoms with E-state index in [1.165, 1.54) is 45.1 Å². The van der Waals surface area contributed by atoms with Crippen molar-refractivity contribution in [3.8, 4) is 0 Å². The molecule has 1 aliphatic carbocycles. The van der Waals surface area contributed by atoms with E-state index in [1.54, 1.807) is 0 Å². The minimum Gasteiger partial charge on any atom is -0.313 e. The fourth-order valence-corrected chi connectivity index (χ4v) is 3.83. The number of likely N-dealkylation sites (N-methyl/N-ethyl adjacent to an activating group) is 1. The second kappa shape index (κ2) is 6.19. The topological polar surface area (TPSA) is 15.3 Å². The summed E-state index contributed by atoms with van der Waals surface area (Å²) >= 11 is 0. The molecule has 0 bridgehead atoms. The minimum absolute atomic E-state index is 0.747. The van der Waals surface area contributed by atoms with Crippen molar-refractivity contribution in [1.29, 1.82) is 0 Å². The average molecular weight is 238 g/mol. The molecule has 2 heteroatoms. The van der Waals surface area contributed by atoms with E-state index in [0.717, 1.165) is 30.6 Å². The number of nitrogens with zero attached hydrogens (tertiary/aromatic N) is 1. The Labute approximate surface area is 107 Å². The summed E-state index contributed by atoms with van der Waals surface area (Å²) in [7, 11) is 0. The summed E-state index contributed by atoms with van der Waals surface area (Å²) in [6.07, 6.45) is 8.45. The zero-order valence-electron chi connectivity index (χ0n) is 11.9. The highest BCUT2D eigenvalue weighted by Crippen LogP contribution is 2.31. The molecule has 2 rings (SSSR count). The van der Waals surface area contributed by atoms with Gasteiger partial charge in [-0.1, -0.05) is 20.3 Å². The van der Waals surface area contributed by atoms with Crippen molar-refractivity contribution in [1.82, 2.24) is 10.2 Å². The third kappa shape index (κ3) is 3.23. The first-order valence-corrected chi connectivity index (χ1v) is 7.71. The maximum Gasteiger partial charge on any atom is 0.0254 e. The lowest BCUT2D eigenvalue weighted by Crippen LogP contribution is -2.56. The van der Waals surface area contributed by atoms with Gasteiger partial charge in [0.05, 0.1) is 0 Å². The van der Waals surface area contributed by atoms with Crippen molar-refractivity contribution in [2.45, 2.75) is 77.4 Å². The average Bonchev–Trinajstić information content (AvgIpc) is 2.32. The Hall–Kier alpha value is -0.0800. The van der Waals surface area contributed by atoms with Crippen LogP contribution in [-0.2, 0) is 0 Å². The van der Waals surface area contributed by atoms with Gasteiger partial charge in [0.2, 0.25) is 0 Å². The first-order valence-electron chi connectivity index (χ1n) is 7.71. The molecule has 2 fully saturated rings. The second-order valence-corrected chi connectivity index (χ2v) is 6.23. The number of hydrogen-bond donors (Lipinski definition) is 1. The first-order chi connectivity index (χ1) is 8.22. The van der Waals surface area contributed by atoms with Crippen LogP contribution in [0.15, 0.2) is 0 Å². The molecule has 4 unspecified atom stereocenters. The molecule has 0 radical (unpaired) electrons. The molecule has 100 valence electrons. The van der Waals surface area contributed by atoms with E-state index in [9.17, 15) is 0 Å². The van der Waals surface area contributed by atoms with E-state index in [0.29, 0.717) is 0 Å². The molecule has 0 aromatic rings. The van der Waals surface area contributed by atoms with Gasteiger partial charge in [-0.25, -0.2) is 0 Å². The smallest absolute Gasteiger partial charge is 0.0254 e. The van der Waals surface area contributed by atoms with Gasteiger partial charge in [-0.05, 0) is 58.0 Å². The molecule has 1 heterocycles. The van der Waals surface area contributed by atoms with Crippen LogP contribution in [0.1, 0.15) is 59.3 Å². The molecule has 1 saturated carbocycles. The van der Waals surface area contributed by atoms with E-state index < -0.39 is 0 Å². The van der Waals surface area contributed by atoms with Crippen LogP contribution in [0.2, 0.25) is 0 Å². The summed E-state index contributed by atoms with van der Waals surface area (Å²) in [4.78, 5) is 2.81. The number of piperidine rings is 1. The summed E-state index contributed by atoms with van der Waals surface area (Å²) in [6.45, 7) is 9.57. The van der Waals surface area contributed by atoms with Crippen LogP contribution in [0.5, 0.6) is 0 Å². The van der Waals surface area contributed by atoms with Gasteiger partial charge in [0.1, 0.15) is 0 Å². The summed E-state index contributed by atoms with van der Waals surface area (Å²) in [5, 5.41) is 3.73. The van der Waals surface area contributed by atoms with Crippen molar-refractivity contribution < 1.29 is 0 Å². The largest absolute Gasteiger partial charge is 0.313 e. The van der Waals surface area contributed by atoms with E-state index in [-0.39, 0.29) is 0 Å². The van der Waals surface area contributed by atoms with Gasteiger partial charge in [0.15, 0.2) is 0 Å². The van der Waals surface area contributed by atoms with Crippen LogP contribution in [0.25, 0.3) is 0 Å². The lowest BCUT2D eigenvalue weighted by molar-refractivity contribution is 0.0472. The van der Waals surface area contributed by atoms with Gasteiger partial charge in [-0.3, -0.25) is 4.90 Å². The highest BCUT2D eigenvalue weighted by molar-refractivity contribution is 4.93. The van der Waals surface area contributed by atoms with Gasteiger partial charge in [-0.15, -0.1) is 0 Å². The van der Waals surface area contributed by atoms with Gasteiger partial charge < -0.3 is 5.32 Å². The first kappa shape index (κ1) is 13.4. The molecule has 1 aliphatic heterocycles. The van der Waals surface area contributed by atoms with Gasteiger partial charge in [0.25, 0.3) is 0 Å². The molecule has 0 aromatic carbocycles. The molecule has 0 amide bonds. The molecule has 17 heavy (non-hydrogen) atoms. The highest BCUT2D eigenvalue weighted by atomic mass is 15.2. The Morgan fingerprint density at radius 1 is 1.12 bits per heavy atom. The van der Waals surface area contributed by atoms with Gasteiger partial charge >= 0.3 is 0 Å². The molecule has 1 saturated heterocycles. The van der Waals surface area contributed by atoms with Crippen molar-refractivity contribution >= 4 is 0 Å². The zero-order valence-corrected chi connectivity index (χ0v) is 11.9. The Morgan fingerprint density at radius 3 is 2.65 bits per heavy atom. The molecular formula is C15H30N2. The number of likely N-dealkylation sites (tertiary alicyclic amines) is 1. The lowest BCUT2D eigenvalue weighted by Gasteiger charge is -2.47. The number of rotatable bonds is 3. The van der Waals surface area contributed by atoms with E-state index in [1.807, 2.05) is 0 Å². The summed E-state index contributed by atoms with van der Waals surface area (Å²) in [6, 6.07) is 2.35. The Kier molecular flexibility index (Phi) is 4.87. The Morgan fingerprint density at radius 2 is 1.94 bits per heavy atom. The molecule has 1 N–H and O–H groups in total. The van der Waals surface area contributed by atoms with Crippen molar-refractivity contribution in [3.05, 3.63) is 0 Å². The van der Waals surface area contributed by atoms with Gasteiger partial charge in [0, 0.05) is 18.1 Å². The Balaban J connectivity index is 2.02. The number of hydrogen-bond acceptors (Lipinski definition) is 2. The fraction of sp³-hybridized carbons (Fsp3) is 1.00. The molecule has 4 atom stereocenters. The molecule has 0 spiro atoms. The highest BCUT2D eigenvalue weighted by Gasteiger charge is 2.35. The van der Waals surface area contributed by atoms with Gasteiger partial charge in [-0.2, -0.15) is 0 Å². The van der Waals surface area contributed by atoms with E-state index in [4.69, 9.17) is 0 Å². The fourth-order valence-electron chi connectivity index (χ4n) is 3.83. The predicted molar refractivity (Wildman–Crippen MR) is 74.3 cm³/mol. The molecule has 2 aliphatic rings. The summed E-state index contributed by atoms with van der Waals surface area (Å²) in [5.74, 6) is 0.920.